The third-order valence-corrected chi connectivity index (χ3v) is 9.91. The molecule has 0 aliphatic carbocycles. The summed E-state index contributed by atoms with van der Waals surface area (Å²) in [5.74, 6) is 0.0295. The first-order valence-corrected chi connectivity index (χ1v) is 11.9. The molecule has 0 saturated carbocycles. The van der Waals surface area contributed by atoms with Gasteiger partial charge in [0.1, 0.15) is 5.75 Å². The zero-order chi connectivity index (χ0) is 17.3. The summed E-state index contributed by atoms with van der Waals surface area (Å²) in [6.45, 7) is 11.1. The van der Waals surface area contributed by atoms with E-state index in [2.05, 4.69) is 33.9 Å². The third-order valence-electron chi connectivity index (χ3n) is 4.23. The van der Waals surface area contributed by atoms with Gasteiger partial charge in [-0.15, -0.1) is 0 Å². The molecular formula is C15H27NO4SSi. The number of hydrogen-bond acceptors (Lipinski definition) is 4. The Hall–Kier alpha value is -1.05. The van der Waals surface area contributed by atoms with E-state index >= 15 is 0 Å². The molecular weight excluding hydrogens is 318 g/mol. The molecule has 0 aromatic heterocycles. The zero-order valence-corrected chi connectivity index (χ0v) is 16.3. The second-order valence-corrected chi connectivity index (χ2v) is 14.0. The molecule has 0 spiro atoms. The minimum absolute atomic E-state index is 0.0295. The molecule has 0 heterocycles. The van der Waals surface area contributed by atoms with Crippen molar-refractivity contribution in [1.82, 2.24) is 0 Å². The normalized spacial score (nSPS) is 13.2. The number of benzene rings is 1. The van der Waals surface area contributed by atoms with Crippen LogP contribution in [0.15, 0.2) is 18.2 Å². The van der Waals surface area contributed by atoms with Crippen LogP contribution < -0.4 is 4.31 Å². The van der Waals surface area contributed by atoms with Gasteiger partial charge >= 0.3 is 0 Å². The lowest BCUT2D eigenvalue weighted by molar-refractivity contribution is 0.276. The molecule has 1 aromatic carbocycles. The number of aromatic hydroxyl groups is 1. The molecule has 0 bridgehead atoms. The van der Waals surface area contributed by atoms with Crippen LogP contribution in [0.2, 0.25) is 18.1 Å². The van der Waals surface area contributed by atoms with Crippen molar-refractivity contribution < 1.29 is 18.0 Å². The third kappa shape index (κ3) is 4.72. The Kier molecular flexibility index (Phi) is 5.36. The van der Waals surface area contributed by atoms with E-state index in [0.29, 0.717) is 12.3 Å². The van der Waals surface area contributed by atoms with E-state index in [1.54, 1.807) is 12.1 Å². The second-order valence-electron chi connectivity index (χ2n) is 7.14. The summed E-state index contributed by atoms with van der Waals surface area (Å²) in [6.07, 6.45) is 1.13. The number of phenolic OH excluding ortho intramolecular Hbond substituents is 1. The molecule has 0 fully saturated rings. The highest BCUT2D eigenvalue weighted by Crippen LogP contribution is 2.37. The van der Waals surface area contributed by atoms with Gasteiger partial charge in [-0.2, -0.15) is 0 Å². The molecule has 0 atom stereocenters. The van der Waals surface area contributed by atoms with Crippen molar-refractivity contribution in [2.45, 2.75) is 45.5 Å². The molecule has 0 aliphatic heterocycles. The molecule has 0 saturated heterocycles. The highest BCUT2D eigenvalue weighted by atomic mass is 32.2. The predicted octanol–water partition coefficient (Wildman–Crippen LogP) is 3.31. The van der Waals surface area contributed by atoms with Crippen molar-refractivity contribution in [3.63, 3.8) is 0 Å². The molecule has 126 valence electrons. The van der Waals surface area contributed by atoms with Gasteiger partial charge in [0.15, 0.2) is 8.32 Å². The number of sulfonamides is 1. The van der Waals surface area contributed by atoms with Crippen LogP contribution in [0.3, 0.4) is 0 Å². The lowest BCUT2D eigenvalue weighted by Gasteiger charge is -2.36. The highest BCUT2D eigenvalue weighted by Gasteiger charge is 2.37. The summed E-state index contributed by atoms with van der Waals surface area (Å²) < 4.78 is 30.5. The van der Waals surface area contributed by atoms with Crippen molar-refractivity contribution in [3.05, 3.63) is 23.8 Å². The first kappa shape index (κ1) is 19.0. The number of hydrogen-bond donors (Lipinski definition) is 1. The molecule has 5 nitrogen and oxygen atoms in total. The van der Waals surface area contributed by atoms with E-state index in [1.807, 2.05) is 0 Å². The van der Waals surface area contributed by atoms with Gasteiger partial charge in [-0.25, -0.2) is 8.42 Å². The summed E-state index contributed by atoms with van der Waals surface area (Å²) in [4.78, 5) is 0. The predicted molar refractivity (Wildman–Crippen MR) is 93.3 cm³/mol. The van der Waals surface area contributed by atoms with Crippen molar-refractivity contribution >= 4 is 24.0 Å². The van der Waals surface area contributed by atoms with Gasteiger partial charge in [-0.3, -0.25) is 4.31 Å². The Labute approximate surface area is 135 Å². The van der Waals surface area contributed by atoms with E-state index in [1.165, 1.54) is 13.1 Å². The van der Waals surface area contributed by atoms with Gasteiger partial charge in [0.25, 0.3) is 0 Å². The van der Waals surface area contributed by atoms with E-state index in [4.69, 9.17) is 4.43 Å². The Morgan fingerprint density at radius 1 is 1.23 bits per heavy atom. The summed E-state index contributed by atoms with van der Waals surface area (Å²) >= 11 is 0. The van der Waals surface area contributed by atoms with Crippen LogP contribution in [0, 0.1) is 0 Å². The van der Waals surface area contributed by atoms with Crippen molar-refractivity contribution in [3.8, 4) is 5.75 Å². The van der Waals surface area contributed by atoms with Crippen LogP contribution in [0.5, 0.6) is 5.75 Å². The number of phenols is 1. The number of anilines is 1. The fraction of sp³-hybridized carbons (Fsp3) is 0.600. The molecule has 0 radical (unpaired) electrons. The average Bonchev–Trinajstić information content (AvgIpc) is 2.32. The Balaban J connectivity index is 3.01. The van der Waals surface area contributed by atoms with Crippen molar-refractivity contribution in [2.75, 3.05) is 17.6 Å². The summed E-state index contributed by atoms with van der Waals surface area (Å²) in [5.41, 5.74) is 1.19. The summed E-state index contributed by atoms with van der Waals surface area (Å²) in [6, 6.07) is 4.76. The van der Waals surface area contributed by atoms with Crippen LogP contribution in [0.4, 0.5) is 5.69 Å². The van der Waals surface area contributed by atoms with Gasteiger partial charge < -0.3 is 9.53 Å². The Morgan fingerprint density at radius 2 is 1.77 bits per heavy atom. The minimum Gasteiger partial charge on any atom is -0.508 e. The monoisotopic (exact) mass is 345 g/mol. The van der Waals surface area contributed by atoms with Crippen LogP contribution >= 0.6 is 0 Å². The molecule has 0 amide bonds. The SMILES string of the molecule is CN(c1cc(O)cc(CO[Si](C)(C)C(C)(C)C)c1)S(C)(=O)=O. The van der Waals surface area contributed by atoms with Gasteiger partial charge in [0.05, 0.1) is 18.6 Å². The molecule has 1 rings (SSSR count). The van der Waals surface area contributed by atoms with Crippen LogP contribution in [-0.4, -0.2) is 35.1 Å². The quantitative estimate of drug-likeness (QED) is 0.831. The van der Waals surface area contributed by atoms with E-state index in [0.717, 1.165) is 16.1 Å². The Bertz CT molecular complexity index is 635. The maximum atomic E-state index is 11.6. The van der Waals surface area contributed by atoms with Crippen molar-refractivity contribution in [1.29, 1.82) is 0 Å². The van der Waals surface area contributed by atoms with Crippen molar-refractivity contribution in [2.24, 2.45) is 0 Å². The standard InChI is InChI=1S/C15H27NO4SSi/c1-15(2,3)22(6,7)20-11-12-8-13(10-14(17)9-12)16(4)21(5,18)19/h8-10,17H,11H2,1-7H3. The molecule has 7 heteroatoms. The van der Waals surface area contributed by atoms with E-state index in [-0.39, 0.29) is 10.8 Å². The van der Waals surface area contributed by atoms with Crippen LogP contribution in [-0.2, 0) is 21.1 Å². The molecule has 0 aliphatic rings. The largest absolute Gasteiger partial charge is 0.508 e. The minimum atomic E-state index is -3.37. The van der Waals surface area contributed by atoms with E-state index < -0.39 is 18.3 Å². The van der Waals surface area contributed by atoms with Gasteiger partial charge in [-0.05, 0) is 35.8 Å². The van der Waals surface area contributed by atoms with Crippen LogP contribution in [0.1, 0.15) is 26.3 Å². The average molecular weight is 346 g/mol. The van der Waals surface area contributed by atoms with Crippen LogP contribution in [0.25, 0.3) is 0 Å². The fourth-order valence-corrected chi connectivity index (χ4v) is 3.04. The first-order chi connectivity index (χ1) is 9.74. The molecule has 1 aromatic rings. The second kappa shape index (κ2) is 6.21. The summed E-state index contributed by atoms with van der Waals surface area (Å²) in [7, 11) is -3.80. The van der Waals surface area contributed by atoms with E-state index in [9.17, 15) is 13.5 Å². The number of nitrogens with zero attached hydrogens (tertiary/aromatic N) is 1. The topological polar surface area (TPSA) is 66.8 Å². The smallest absolute Gasteiger partial charge is 0.231 e. The summed E-state index contributed by atoms with van der Waals surface area (Å²) in [5, 5.41) is 9.93. The fourth-order valence-electron chi connectivity index (χ4n) is 1.59. The lowest BCUT2D eigenvalue weighted by Crippen LogP contribution is -2.40. The molecule has 0 unspecified atom stereocenters. The van der Waals surface area contributed by atoms with Gasteiger partial charge in [0.2, 0.25) is 10.0 Å². The maximum Gasteiger partial charge on any atom is 0.231 e. The molecule has 22 heavy (non-hydrogen) atoms. The highest BCUT2D eigenvalue weighted by molar-refractivity contribution is 7.92. The maximum absolute atomic E-state index is 11.6. The number of rotatable bonds is 5. The Morgan fingerprint density at radius 3 is 2.23 bits per heavy atom. The zero-order valence-electron chi connectivity index (χ0n) is 14.5. The van der Waals surface area contributed by atoms with Gasteiger partial charge in [-0.1, -0.05) is 20.8 Å². The van der Waals surface area contributed by atoms with Gasteiger partial charge in [0, 0.05) is 13.1 Å². The first-order valence-electron chi connectivity index (χ1n) is 7.15. The molecule has 1 N–H and O–H groups in total. The lowest BCUT2D eigenvalue weighted by atomic mass is 10.2.